The lowest BCUT2D eigenvalue weighted by Crippen LogP contribution is -2.21. The minimum atomic E-state index is 0.406. The Balaban J connectivity index is 1.43. The van der Waals surface area contributed by atoms with Crippen LogP contribution >= 0.6 is 22.7 Å². The molecule has 33 heavy (non-hydrogen) atoms. The second-order valence-electron chi connectivity index (χ2n) is 8.81. The number of fused-ring (bicyclic) bond motifs is 6. The van der Waals surface area contributed by atoms with Gasteiger partial charge in [-0.1, -0.05) is 91.1 Å². The second kappa shape index (κ2) is 7.69. The summed E-state index contributed by atoms with van der Waals surface area (Å²) in [4.78, 5) is 0. The van der Waals surface area contributed by atoms with Crippen molar-refractivity contribution < 1.29 is 0 Å². The highest BCUT2D eigenvalue weighted by Crippen LogP contribution is 2.41. The zero-order valence-corrected chi connectivity index (χ0v) is 19.8. The number of thiophene rings is 2. The summed E-state index contributed by atoms with van der Waals surface area (Å²) in [5.41, 5.74) is 4.31. The van der Waals surface area contributed by atoms with Crippen LogP contribution in [-0.4, -0.2) is 0 Å². The Labute approximate surface area is 200 Å². The molecule has 0 N–H and O–H groups in total. The number of benzene rings is 3. The van der Waals surface area contributed by atoms with Gasteiger partial charge < -0.3 is 0 Å². The molecule has 1 atom stereocenters. The molecule has 158 valence electrons. The van der Waals surface area contributed by atoms with Crippen molar-refractivity contribution in [3.8, 4) is 0 Å². The Morgan fingerprint density at radius 3 is 2.42 bits per heavy atom. The highest BCUT2D eigenvalue weighted by molar-refractivity contribution is 7.26. The average molecular weight is 459 g/mol. The summed E-state index contributed by atoms with van der Waals surface area (Å²) < 4.78 is 5.62. The highest BCUT2D eigenvalue weighted by Gasteiger charge is 2.19. The number of rotatable bonds is 2. The smallest absolute Gasteiger partial charge is 0.0396 e. The van der Waals surface area contributed by atoms with Crippen LogP contribution in [0.3, 0.4) is 0 Å². The summed E-state index contributed by atoms with van der Waals surface area (Å²) in [6, 6.07) is 24.5. The number of hydrogen-bond acceptors (Lipinski definition) is 2. The van der Waals surface area contributed by atoms with Gasteiger partial charge in [-0.25, -0.2) is 0 Å². The number of allylic oxidation sites excluding steroid dienone is 6. The molecule has 0 spiro atoms. The van der Waals surface area contributed by atoms with Crippen molar-refractivity contribution in [2.75, 3.05) is 0 Å². The number of hydrogen-bond donors (Lipinski definition) is 0. The van der Waals surface area contributed by atoms with Crippen molar-refractivity contribution in [2.45, 2.75) is 18.8 Å². The largest absolute Gasteiger partial charge is 0.135 e. The molecule has 0 nitrogen and oxygen atoms in total. The molecule has 1 unspecified atom stereocenters. The van der Waals surface area contributed by atoms with Gasteiger partial charge in [-0.15, -0.1) is 22.7 Å². The van der Waals surface area contributed by atoms with Crippen molar-refractivity contribution in [2.24, 2.45) is 0 Å². The lowest BCUT2D eigenvalue weighted by atomic mass is 9.86. The molecule has 5 aromatic rings. The molecule has 2 heterocycles. The molecular weight excluding hydrogens is 436 g/mol. The van der Waals surface area contributed by atoms with E-state index in [2.05, 4.69) is 103 Å². The van der Waals surface area contributed by atoms with E-state index < -0.39 is 0 Å². The Morgan fingerprint density at radius 1 is 0.727 bits per heavy atom. The summed E-state index contributed by atoms with van der Waals surface area (Å²) in [5, 5.41) is 5.52. The minimum Gasteiger partial charge on any atom is -0.135 e. The van der Waals surface area contributed by atoms with Gasteiger partial charge in [0.15, 0.2) is 0 Å². The van der Waals surface area contributed by atoms with E-state index in [0.717, 1.165) is 12.8 Å². The molecule has 2 aliphatic carbocycles. The fraction of sp³-hybridized carbons (Fsp3) is 0.0968. The monoisotopic (exact) mass is 458 g/mol. The van der Waals surface area contributed by atoms with Crippen molar-refractivity contribution in [1.82, 2.24) is 0 Å². The van der Waals surface area contributed by atoms with Crippen molar-refractivity contribution >= 4 is 64.6 Å². The van der Waals surface area contributed by atoms with Gasteiger partial charge in [0.05, 0.1) is 0 Å². The predicted molar refractivity (Wildman–Crippen MR) is 147 cm³/mol. The quantitative estimate of drug-likeness (QED) is 0.253. The maximum absolute atomic E-state index is 2.53. The third-order valence-electron chi connectivity index (χ3n) is 6.88. The Bertz CT molecular complexity index is 1770. The van der Waals surface area contributed by atoms with Gasteiger partial charge in [-0.2, -0.15) is 0 Å². The van der Waals surface area contributed by atoms with E-state index in [4.69, 9.17) is 0 Å². The summed E-state index contributed by atoms with van der Waals surface area (Å²) in [5.74, 6) is 0.406. The molecule has 0 fully saturated rings. The predicted octanol–water partition coefficient (Wildman–Crippen LogP) is 7.83. The first-order valence-electron chi connectivity index (χ1n) is 11.5. The van der Waals surface area contributed by atoms with Gasteiger partial charge in [-0.3, -0.25) is 0 Å². The lowest BCUT2D eigenvalue weighted by Gasteiger charge is -2.19. The molecule has 3 aromatic carbocycles. The molecule has 0 bridgehead atoms. The second-order valence-corrected chi connectivity index (χ2v) is 10.9. The van der Waals surface area contributed by atoms with Crippen LogP contribution in [0.2, 0.25) is 0 Å². The molecule has 2 aromatic heterocycles. The van der Waals surface area contributed by atoms with Crippen LogP contribution in [0.1, 0.15) is 24.3 Å². The van der Waals surface area contributed by atoms with Crippen molar-refractivity contribution in [3.63, 3.8) is 0 Å². The SMILES string of the molecule is C1=CCC(C2=CC(c3cccc4c3sc3ccccc34)CC=C2)=c2sc3ccccc3c2=C1. The van der Waals surface area contributed by atoms with Crippen LogP contribution < -0.4 is 9.75 Å². The zero-order chi connectivity index (χ0) is 21.8. The van der Waals surface area contributed by atoms with Crippen LogP contribution in [-0.2, 0) is 0 Å². The third-order valence-corrected chi connectivity index (χ3v) is 9.36. The van der Waals surface area contributed by atoms with Crippen molar-refractivity contribution in [3.05, 3.63) is 118 Å². The van der Waals surface area contributed by atoms with Gasteiger partial charge in [0.1, 0.15) is 0 Å². The first-order valence-corrected chi connectivity index (χ1v) is 13.2. The standard InChI is InChI=1S/C31H22S2/c1-2-14-26-24-12-3-5-17-28(24)32-30(26)22(11-1)20-9-7-10-21(19-20)23-15-8-16-27-25-13-4-6-18-29(25)33-31(23)27/h1-9,12-19,21H,10-11H2. The molecule has 0 radical (unpaired) electrons. The van der Waals surface area contributed by atoms with Gasteiger partial charge in [0.25, 0.3) is 0 Å². The maximum atomic E-state index is 2.53. The van der Waals surface area contributed by atoms with E-state index in [1.54, 1.807) is 0 Å². The summed E-state index contributed by atoms with van der Waals surface area (Å²) >= 11 is 3.88. The van der Waals surface area contributed by atoms with Gasteiger partial charge >= 0.3 is 0 Å². The molecular formula is C31H22S2. The summed E-state index contributed by atoms with van der Waals surface area (Å²) in [6.45, 7) is 0. The van der Waals surface area contributed by atoms with Gasteiger partial charge in [-0.05, 0) is 41.7 Å². The Kier molecular flexibility index (Phi) is 4.49. The zero-order valence-electron chi connectivity index (χ0n) is 18.1. The fourth-order valence-electron chi connectivity index (χ4n) is 5.31. The normalized spacial score (nSPS) is 17.9. The maximum Gasteiger partial charge on any atom is 0.0396 e. The van der Waals surface area contributed by atoms with E-state index in [9.17, 15) is 0 Å². The molecule has 0 saturated heterocycles. The molecule has 0 aliphatic heterocycles. The van der Waals surface area contributed by atoms with E-state index in [0.29, 0.717) is 5.92 Å². The van der Waals surface area contributed by atoms with E-state index >= 15 is 0 Å². The van der Waals surface area contributed by atoms with E-state index in [-0.39, 0.29) is 0 Å². The van der Waals surface area contributed by atoms with Gasteiger partial charge in [0.2, 0.25) is 0 Å². The van der Waals surface area contributed by atoms with E-state index in [1.807, 2.05) is 22.7 Å². The summed E-state index contributed by atoms with van der Waals surface area (Å²) in [6.07, 6.45) is 16.1. The van der Waals surface area contributed by atoms with E-state index in [1.165, 1.54) is 56.7 Å². The van der Waals surface area contributed by atoms with Crippen molar-refractivity contribution in [1.29, 1.82) is 0 Å². The molecule has 7 rings (SSSR count). The van der Waals surface area contributed by atoms with Crippen LogP contribution in [0.15, 0.2) is 103 Å². The fourth-order valence-corrected chi connectivity index (χ4v) is 7.85. The minimum absolute atomic E-state index is 0.406. The first-order chi connectivity index (χ1) is 16.4. The Hall–Kier alpha value is -3.20. The van der Waals surface area contributed by atoms with Crippen LogP contribution in [0.25, 0.3) is 41.9 Å². The molecule has 2 aliphatic rings. The summed E-state index contributed by atoms with van der Waals surface area (Å²) in [7, 11) is 0. The van der Waals surface area contributed by atoms with Crippen LogP contribution in [0.4, 0.5) is 0 Å². The average Bonchev–Trinajstić information content (AvgIpc) is 3.35. The van der Waals surface area contributed by atoms with Crippen LogP contribution in [0, 0.1) is 0 Å². The molecule has 0 saturated carbocycles. The topological polar surface area (TPSA) is 0 Å². The Morgan fingerprint density at radius 2 is 1.52 bits per heavy atom. The highest BCUT2D eigenvalue weighted by atomic mass is 32.1. The lowest BCUT2D eigenvalue weighted by molar-refractivity contribution is 0.857. The van der Waals surface area contributed by atoms with Crippen LogP contribution in [0.5, 0.6) is 0 Å². The third kappa shape index (κ3) is 3.09. The van der Waals surface area contributed by atoms with Gasteiger partial charge in [0, 0.05) is 45.9 Å². The molecule has 0 amide bonds. The first kappa shape index (κ1) is 19.3. The molecule has 2 heteroatoms.